The van der Waals surface area contributed by atoms with Crippen LogP contribution in [0.2, 0.25) is 12.1 Å². The molecule has 4 unspecified atom stereocenters. The fourth-order valence-corrected chi connectivity index (χ4v) is 8.26. The highest BCUT2D eigenvalue weighted by atomic mass is 32.1. The number of hydrogen-bond donors (Lipinski definition) is 4. The van der Waals surface area contributed by atoms with Gasteiger partial charge in [0.1, 0.15) is 12.2 Å². The molecule has 4 atom stereocenters. The minimum Gasteiger partial charge on any atom is -0.464 e. The Bertz CT molecular complexity index is 702. The van der Waals surface area contributed by atoms with Crippen LogP contribution < -0.4 is 10.6 Å². The lowest BCUT2D eigenvalue weighted by Gasteiger charge is -2.24. The van der Waals surface area contributed by atoms with Crippen LogP contribution in [0.3, 0.4) is 0 Å². The fraction of sp³-hybridized carbons (Fsp3) is 0.923. The van der Waals surface area contributed by atoms with E-state index in [1.807, 2.05) is 13.8 Å². The molecule has 0 aliphatic heterocycles. The Morgan fingerprint density at radius 2 is 0.911 bits per heavy atom. The molecule has 45 heavy (non-hydrogen) atoms. The van der Waals surface area contributed by atoms with Gasteiger partial charge in [-0.05, 0) is 51.1 Å². The lowest BCUT2D eigenvalue weighted by Crippen LogP contribution is -2.43. The van der Waals surface area contributed by atoms with Gasteiger partial charge in [-0.3, -0.25) is 0 Å². The van der Waals surface area contributed by atoms with Gasteiger partial charge in [0, 0.05) is 79.5 Å². The van der Waals surface area contributed by atoms with Gasteiger partial charge in [0.2, 0.25) is 0 Å². The first-order chi connectivity index (χ1) is 21.5. The van der Waals surface area contributed by atoms with Crippen molar-refractivity contribution in [2.24, 2.45) is 0 Å². The molecule has 0 heterocycles. The number of thiol groups is 2. The summed E-state index contributed by atoms with van der Waals surface area (Å²) in [7, 11) is 4.36. The fourth-order valence-electron chi connectivity index (χ4n) is 3.85. The Morgan fingerprint density at radius 3 is 1.20 bits per heavy atom. The topological polar surface area (TPSA) is 126 Å². The molecule has 0 fully saturated rings. The van der Waals surface area contributed by atoms with Gasteiger partial charge in [0.05, 0.1) is 38.5 Å². The zero-order chi connectivity index (χ0) is 34.1. The molecule has 0 bridgehead atoms. The molecule has 2 N–H and O–H groups in total. The van der Waals surface area contributed by atoms with Crippen molar-refractivity contribution in [2.75, 3.05) is 93.8 Å². The van der Waals surface area contributed by atoms with E-state index in [2.05, 4.69) is 35.9 Å². The number of rotatable bonds is 28. The van der Waals surface area contributed by atoms with Gasteiger partial charge in [0.25, 0.3) is 10.3 Å². The highest BCUT2D eigenvalue weighted by molar-refractivity contribution is 7.80. The normalized spacial score (nSPS) is 14.8. The molecule has 0 saturated heterocycles. The largest absolute Gasteiger partial charge is 0.500 e. The summed E-state index contributed by atoms with van der Waals surface area (Å²) < 4.78 is 61.4. The van der Waals surface area contributed by atoms with Crippen molar-refractivity contribution in [3.63, 3.8) is 0 Å². The molecule has 0 rings (SSSR count). The second-order valence-electron chi connectivity index (χ2n) is 10.00. The van der Waals surface area contributed by atoms with E-state index in [4.69, 9.17) is 74.7 Å². The second kappa shape index (κ2) is 27.0. The smallest absolute Gasteiger partial charge is 0.464 e. The van der Waals surface area contributed by atoms with Gasteiger partial charge in [-0.25, -0.2) is 0 Å². The summed E-state index contributed by atoms with van der Waals surface area (Å²) in [6, 6.07) is 1.14. The molecule has 0 aromatic carbocycles. The summed E-state index contributed by atoms with van der Waals surface area (Å²) >= 11 is 19.4. The average Bonchev–Trinajstić information content (AvgIpc) is 3.03. The number of nitrogens with one attached hydrogen (secondary N) is 2. The molecule has 0 spiro atoms. The van der Waals surface area contributed by atoms with Gasteiger partial charge in [0.15, 0.2) is 0 Å². The third-order valence-electron chi connectivity index (χ3n) is 6.44. The van der Waals surface area contributed by atoms with Crippen molar-refractivity contribution in [2.45, 2.75) is 63.1 Å². The highest BCUT2D eigenvalue weighted by Gasteiger charge is 2.37. The van der Waals surface area contributed by atoms with Crippen LogP contribution in [-0.4, -0.2) is 146 Å². The minimum atomic E-state index is -2.60. The average molecular weight is 757 g/mol. The minimum absolute atomic E-state index is 0.0835. The SMILES string of the molecule is CO[Si](CCCOCC(CS)OC(=S)NC(C)COCC(C)NC(=S)OC(CS)COCCC[Si](OC)(OC)OC)(OC)OC. The summed E-state index contributed by atoms with van der Waals surface area (Å²) in [5.41, 5.74) is 0. The first-order valence-electron chi connectivity index (χ1n) is 14.7. The number of thiocarbonyl (C=S) groups is 2. The van der Waals surface area contributed by atoms with Crippen LogP contribution in [0, 0.1) is 0 Å². The number of hydrogen-bond acceptors (Lipinski definition) is 15. The van der Waals surface area contributed by atoms with Gasteiger partial charge in [-0.1, -0.05) is 0 Å². The lowest BCUT2D eigenvalue weighted by atomic mass is 10.3. The Kier molecular flexibility index (Phi) is 27.1. The lowest BCUT2D eigenvalue weighted by molar-refractivity contribution is 0.0486. The summed E-state index contributed by atoms with van der Waals surface area (Å²) in [5, 5.41) is 6.77. The maximum Gasteiger partial charge on any atom is 0.500 e. The van der Waals surface area contributed by atoms with Crippen molar-refractivity contribution in [3.05, 3.63) is 0 Å². The Balaban J connectivity index is 4.21. The summed E-state index contributed by atoms with van der Waals surface area (Å²) in [5.74, 6) is 0.897. The Hall–Kier alpha value is 0.154. The maximum absolute atomic E-state index is 5.83. The predicted octanol–water partition coefficient (Wildman–Crippen LogP) is 2.73. The summed E-state index contributed by atoms with van der Waals surface area (Å²) in [6.07, 6.45) is 0.871. The third kappa shape index (κ3) is 20.3. The van der Waals surface area contributed by atoms with Gasteiger partial charge in [-0.15, -0.1) is 0 Å². The van der Waals surface area contributed by atoms with Gasteiger partial charge in [-0.2, -0.15) is 25.3 Å². The molecule has 0 aromatic heterocycles. The number of ether oxygens (including phenoxy) is 5. The van der Waals surface area contributed by atoms with E-state index in [1.165, 1.54) is 0 Å². The molecular formula is C26H56N2O11S4Si2. The van der Waals surface area contributed by atoms with Crippen LogP contribution in [0.1, 0.15) is 26.7 Å². The molecule has 0 radical (unpaired) electrons. The zero-order valence-corrected chi connectivity index (χ0v) is 33.4. The molecule has 268 valence electrons. The monoisotopic (exact) mass is 756 g/mol. The maximum atomic E-state index is 5.83. The zero-order valence-electron chi connectivity index (χ0n) is 28.0. The third-order valence-corrected chi connectivity index (χ3v) is 13.3. The van der Waals surface area contributed by atoms with Crippen LogP contribution in [0.25, 0.3) is 0 Å². The molecule has 19 heteroatoms. The van der Waals surface area contributed by atoms with E-state index in [1.54, 1.807) is 42.7 Å². The predicted molar refractivity (Wildman–Crippen MR) is 193 cm³/mol. The van der Waals surface area contributed by atoms with Crippen LogP contribution in [0.5, 0.6) is 0 Å². The van der Waals surface area contributed by atoms with Crippen LogP contribution in [0.15, 0.2) is 0 Å². The van der Waals surface area contributed by atoms with Crippen LogP contribution in [0.4, 0.5) is 0 Å². The second-order valence-corrected chi connectivity index (χ2v) is 17.6. The van der Waals surface area contributed by atoms with Crippen molar-refractivity contribution in [1.29, 1.82) is 0 Å². The van der Waals surface area contributed by atoms with E-state index >= 15 is 0 Å². The molecule has 0 amide bonds. The van der Waals surface area contributed by atoms with Crippen LogP contribution >= 0.6 is 49.7 Å². The highest BCUT2D eigenvalue weighted by Crippen LogP contribution is 2.16. The van der Waals surface area contributed by atoms with Gasteiger partial charge < -0.3 is 60.9 Å². The molecule has 0 aliphatic carbocycles. The molecule has 13 nitrogen and oxygen atoms in total. The van der Waals surface area contributed by atoms with Crippen molar-refractivity contribution in [1.82, 2.24) is 10.6 Å². The van der Waals surface area contributed by atoms with Crippen molar-refractivity contribution in [3.8, 4) is 0 Å². The Morgan fingerprint density at radius 1 is 0.578 bits per heavy atom. The van der Waals surface area contributed by atoms with Crippen molar-refractivity contribution < 1.29 is 50.2 Å². The van der Waals surface area contributed by atoms with E-state index in [9.17, 15) is 0 Å². The first-order valence-corrected chi connectivity index (χ1v) is 20.7. The first kappa shape index (κ1) is 45.2. The van der Waals surface area contributed by atoms with Crippen LogP contribution in [-0.2, 0) is 50.2 Å². The molecule has 0 aliphatic rings. The standard InChI is InChI=1S/C26H56N2O11S4Si2/c1-21(27-25(42)38-23(19-40)17-35-11-9-13-44(29-3,30-4)31-5)15-37-16-22(2)28-26(43)39-24(20-41)18-36-12-10-14-45(32-6,33-7)34-8/h21-24,40-41H,9-20H2,1-8H3,(H,27,42)(H,28,43). The summed E-state index contributed by atoms with van der Waals surface area (Å²) in [6.45, 7) is 6.42. The molecular weight excluding hydrogens is 701 g/mol. The van der Waals surface area contributed by atoms with E-state index in [-0.39, 0.29) is 34.6 Å². The molecule has 0 aromatic rings. The molecule has 0 saturated carbocycles. The summed E-state index contributed by atoms with van der Waals surface area (Å²) in [4.78, 5) is 0. The van der Waals surface area contributed by atoms with E-state index in [0.29, 0.717) is 63.2 Å². The quantitative estimate of drug-likeness (QED) is 0.0405. The van der Waals surface area contributed by atoms with Gasteiger partial charge >= 0.3 is 17.6 Å². The Labute approximate surface area is 294 Å². The van der Waals surface area contributed by atoms with Crippen molar-refractivity contribution >= 4 is 77.7 Å². The van der Waals surface area contributed by atoms with E-state index < -0.39 is 17.6 Å². The van der Waals surface area contributed by atoms with E-state index in [0.717, 1.165) is 12.8 Å².